The van der Waals surface area contributed by atoms with Gasteiger partial charge in [-0.05, 0) is 54.8 Å². The lowest BCUT2D eigenvalue weighted by Crippen LogP contribution is -2.25. The summed E-state index contributed by atoms with van der Waals surface area (Å²) in [4.78, 5) is 26.0. The molecule has 0 fully saturated rings. The Morgan fingerprint density at radius 3 is 2.52 bits per heavy atom. The molecule has 1 N–H and O–H groups in total. The average Bonchev–Trinajstić information content (AvgIpc) is 2.89. The molecular weight excluding hydrogens is 288 g/mol. The Kier molecular flexibility index (Phi) is 4.15. The van der Waals surface area contributed by atoms with E-state index in [1.807, 2.05) is 49.4 Å². The highest BCUT2D eigenvalue weighted by Crippen LogP contribution is 2.31. The van der Waals surface area contributed by atoms with E-state index < -0.39 is 0 Å². The van der Waals surface area contributed by atoms with Crippen molar-refractivity contribution in [3.05, 3.63) is 59.2 Å². The fourth-order valence-electron chi connectivity index (χ4n) is 2.90. The molecule has 2 aromatic rings. The number of nitrogens with zero attached hydrogens (tertiary/aromatic N) is 1. The lowest BCUT2D eigenvalue weighted by molar-refractivity contribution is -0.117. The smallest absolute Gasteiger partial charge is 0.255 e. The van der Waals surface area contributed by atoms with E-state index in [9.17, 15) is 9.59 Å². The number of fused-ring (bicyclic) bond motifs is 1. The van der Waals surface area contributed by atoms with Crippen LogP contribution in [0.1, 0.15) is 35.3 Å². The quantitative estimate of drug-likeness (QED) is 0.941. The first-order chi connectivity index (χ1) is 11.1. The number of benzene rings is 2. The van der Waals surface area contributed by atoms with Crippen LogP contribution in [0.5, 0.6) is 0 Å². The van der Waals surface area contributed by atoms with E-state index in [4.69, 9.17) is 0 Å². The number of rotatable bonds is 4. The van der Waals surface area contributed by atoms with Crippen LogP contribution in [-0.4, -0.2) is 18.4 Å². The molecule has 0 saturated heterocycles. The van der Waals surface area contributed by atoms with E-state index in [0.717, 1.165) is 23.4 Å². The number of hydrogen-bond donors (Lipinski definition) is 1. The number of carbonyl (C=O) groups excluding carboxylic acids is 2. The molecule has 3 rings (SSSR count). The number of aryl methyl sites for hydroxylation is 1. The Morgan fingerprint density at radius 1 is 1.13 bits per heavy atom. The maximum atomic E-state index is 12.3. The van der Waals surface area contributed by atoms with E-state index in [2.05, 4.69) is 12.2 Å². The Bertz CT molecular complexity index is 750. The van der Waals surface area contributed by atoms with E-state index in [1.54, 1.807) is 4.90 Å². The van der Waals surface area contributed by atoms with Crippen molar-refractivity contribution in [3.8, 4) is 0 Å². The van der Waals surface area contributed by atoms with Gasteiger partial charge in [0.1, 0.15) is 0 Å². The van der Waals surface area contributed by atoms with Gasteiger partial charge in [0.05, 0.1) is 6.42 Å². The zero-order valence-corrected chi connectivity index (χ0v) is 13.4. The molecule has 0 unspecified atom stereocenters. The van der Waals surface area contributed by atoms with Gasteiger partial charge in [-0.1, -0.05) is 19.1 Å². The van der Waals surface area contributed by atoms with Crippen molar-refractivity contribution in [1.82, 2.24) is 0 Å². The second-order valence-electron chi connectivity index (χ2n) is 5.66. The standard InChI is InChI=1S/C19H20N2O2/c1-3-13-5-7-14(8-6-13)19(23)20-16-9-10-17-15(11-16)12-18(22)21(17)4-2/h5-11H,3-4,12H2,1-2H3,(H,20,23). The highest BCUT2D eigenvalue weighted by molar-refractivity contribution is 6.05. The zero-order valence-electron chi connectivity index (χ0n) is 13.4. The van der Waals surface area contributed by atoms with Crippen LogP contribution in [0.3, 0.4) is 0 Å². The van der Waals surface area contributed by atoms with Gasteiger partial charge in [-0.15, -0.1) is 0 Å². The molecule has 1 aliphatic heterocycles. The van der Waals surface area contributed by atoms with Gasteiger partial charge in [-0.25, -0.2) is 0 Å². The molecule has 0 aliphatic carbocycles. The van der Waals surface area contributed by atoms with Crippen molar-refractivity contribution < 1.29 is 9.59 Å². The second-order valence-corrected chi connectivity index (χ2v) is 5.66. The molecule has 1 heterocycles. The van der Waals surface area contributed by atoms with E-state index in [0.29, 0.717) is 18.5 Å². The topological polar surface area (TPSA) is 49.4 Å². The number of likely N-dealkylation sites (N-methyl/N-ethyl adjacent to an activating group) is 1. The summed E-state index contributed by atoms with van der Waals surface area (Å²) >= 11 is 0. The highest BCUT2D eigenvalue weighted by Gasteiger charge is 2.26. The molecule has 0 aromatic heterocycles. The molecule has 0 spiro atoms. The van der Waals surface area contributed by atoms with Gasteiger partial charge < -0.3 is 10.2 Å². The molecule has 0 bridgehead atoms. The van der Waals surface area contributed by atoms with Gasteiger partial charge in [-0.2, -0.15) is 0 Å². The maximum absolute atomic E-state index is 12.3. The van der Waals surface area contributed by atoms with Crippen molar-refractivity contribution in [3.63, 3.8) is 0 Å². The van der Waals surface area contributed by atoms with Crippen LogP contribution in [0.2, 0.25) is 0 Å². The highest BCUT2D eigenvalue weighted by atomic mass is 16.2. The summed E-state index contributed by atoms with van der Waals surface area (Å²) in [5, 5.41) is 2.90. The number of nitrogens with one attached hydrogen (secondary N) is 1. The normalized spacial score (nSPS) is 13.1. The Labute approximate surface area is 136 Å². The molecule has 0 atom stereocenters. The molecule has 4 heteroatoms. The van der Waals surface area contributed by atoms with Crippen LogP contribution >= 0.6 is 0 Å². The van der Waals surface area contributed by atoms with Crippen LogP contribution in [0.4, 0.5) is 11.4 Å². The summed E-state index contributed by atoms with van der Waals surface area (Å²) in [5.74, 6) is -0.0228. The molecule has 2 amide bonds. The minimum absolute atomic E-state index is 0.112. The predicted molar refractivity (Wildman–Crippen MR) is 91.9 cm³/mol. The molecule has 2 aromatic carbocycles. The van der Waals surface area contributed by atoms with Crippen molar-refractivity contribution in [2.45, 2.75) is 26.7 Å². The number of carbonyl (C=O) groups is 2. The van der Waals surface area contributed by atoms with Gasteiger partial charge >= 0.3 is 0 Å². The molecule has 0 radical (unpaired) electrons. The fraction of sp³-hybridized carbons (Fsp3) is 0.263. The zero-order chi connectivity index (χ0) is 16.4. The van der Waals surface area contributed by atoms with Crippen LogP contribution in [0.15, 0.2) is 42.5 Å². The summed E-state index contributed by atoms with van der Waals surface area (Å²) in [6.07, 6.45) is 1.35. The lowest BCUT2D eigenvalue weighted by atomic mass is 10.1. The van der Waals surface area contributed by atoms with Crippen molar-refractivity contribution >= 4 is 23.2 Å². The first kappa shape index (κ1) is 15.3. The SMILES string of the molecule is CCc1ccc(C(=O)Nc2ccc3c(c2)CC(=O)N3CC)cc1. The fourth-order valence-corrected chi connectivity index (χ4v) is 2.90. The number of anilines is 2. The molecule has 23 heavy (non-hydrogen) atoms. The summed E-state index contributed by atoms with van der Waals surface area (Å²) in [6.45, 7) is 4.71. The predicted octanol–water partition coefficient (Wildman–Crippen LogP) is 3.41. The van der Waals surface area contributed by atoms with Gasteiger partial charge in [0.15, 0.2) is 0 Å². The van der Waals surface area contributed by atoms with Gasteiger partial charge in [0, 0.05) is 23.5 Å². The Balaban J connectivity index is 1.77. The largest absolute Gasteiger partial charge is 0.322 e. The van der Waals surface area contributed by atoms with Gasteiger partial charge in [-0.3, -0.25) is 9.59 Å². The summed E-state index contributed by atoms with van der Waals surface area (Å²) < 4.78 is 0. The van der Waals surface area contributed by atoms with Crippen molar-refractivity contribution in [2.24, 2.45) is 0 Å². The molecular formula is C19H20N2O2. The molecule has 118 valence electrons. The third-order valence-corrected chi connectivity index (χ3v) is 4.21. The first-order valence-electron chi connectivity index (χ1n) is 7.96. The summed E-state index contributed by atoms with van der Waals surface area (Å²) in [7, 11) is 0. The maximum Gasteiger partial charge on any atom is 0.255 e. The van der Waals surface area contributed by atoms with Crippen LogP contribution in [0.25, 0.3) is 0 Å². The summed E-state index contributed by atoms with van der Waals surface area (Å²) in [6, 6.07) is 13.2. The lowest BCUT2D eigenvalue weighted by Gasteiger charge is -2.15. The van der Waals surface area contributed by atoms with Crippen molar-refractivity contribution in [1.29, 1.82) is 0 Å². The Hall–Kier alpha value is -2.62. The minimum Gasteiger partial charge on any atom is -0.322 e. The van der Waals surface area contributed by atoms with Gasteiger partial charge in [0.2, 0.25) is 5.91 Å². The molecule has 0 saturated carbocycles. The van der Waals surface area contributed by atoms with Crippen LogP contribution in [0, 0.1) is 0 Å². The number of hydrogen-bond acceptors (Lipinski definition) is 2. The number of amides is 2. The van der Waals surface area contributed by atoms with Crippen LogP contribution < -0.4 is 10.2 Å². The molecule has 1 aliphatic rings. The van der Waals surface area contributed by atoms with Crippen LogP contribution in [-0.2, 0) is 17.6 Å². The minimum atomic E-state index is -0.135. The summed E-state index contributed by atoms with van der Waals surface area (Å²) in [5.41, 5.74) is 4.48. The third kappa shape index (κ3) is 2.97. The van der Waals surface area contributed by atoms with E-state index >= 15 is 0 Å². The van der Waals surface area contributed by atoms with Crippen molar-refractivity contribution in [2.75, 3.05) is 16.8 Å². The molecule has 4 nitrogen and oxygen atoms in total. The third-order valence-electron chi connectivity index (χ3n) is 4.21. The van der Waals surface area contributed by atoms with Gasteiger partial charge in [0.25, 0.3) is 5.91 Å². The Morgan fingerprint density at radius 2 is 1.87 bits per heavy atom. The van der Waals surface area contributed by atoms with E-state index in [-0.39, 0.29) is 11.8 Å². The first-order valence-corrected chi connectivity index (χ1v) is 7.96. The monoisotopic (exact) mass is 308 g/mol. The second kappa shape index (κ2) is 6.24. The average molecular weight is 308 g/mol. The van der Waals surface area contributed by atoms with E-state index in [1.165, 1.54) is 5.56 Å².